The number of ether oxygens (including phenoxy) is 1. The van der Waals surface area contributed by atoms with Gasteiger partial charge in [0, 0.05) is 61.7 Å². The maximum atomic E-state index is 11.4. The predicted molar refractivity (Wildman–Crippen MR) is 162 cm³/mol. The van der Waals surface area contributed by atoms with Crippen LogP contribution in [-0.4, -0.2) is 55.4 Å². The highest BCUT2D eigenvalue weighted by molar-refractivity contribution is 6.01. The molecule has 4 aliphatic rings. The molecule has 3 saturated heterocycles. The number of carbonyl (C=O) groups is 3. The summed E-state index contributed by atoms with van der Waals surface area (Å²) in [5, 5.41) is 11.5. The molecule has 1 atom stereocenters. The van der Waals surface area contributed by atoms with Gasteiger partial charge in [0.15, 0.2) is 0 Å². The quantitative estimate of drug-likeness (QED) is 0.338. The molecule has 0 aromatic heterocycles. The molecule has 2 aromatic carbocycles. The molecular weight excluding hydrogens is 518 g/mol. The molecule has 6 rings (SSSR count). The Morgan fingerprint density at radius 3 is 1.61 bits per heavy atom. The number of carbonyl (C=O) groups excluding carboxylic acids is 2. The van der Waals surface area contributed by atoms with Crippen molar-refractivity contribution < 1.29 is 24.2 Å². The van der Waals surface area contributed by atoms with Crippen LogP contribution < -0.4 is 15.1 Å². The number of benzene rings is 2. The van der Waals surface area contributed by atoms with Crippen LogP contribution in [0.15, 0.2) is 36.4 Å². The lowest BCUT2D eigenvalue weighted by atomic mass is 9.64. The fourth-order valence-corrected chi connectivity index (χ4v) is 6.61. The molecule has 2 N–H and O–H groups in total. The Bertz CT molecular complexity index is 1180. The van der Waals surface area contributed by atoms with Crippen LogP contribution in [0.1, 0.15) is 101 Å². The largest absolute Gasteiger partial charge is 0.506 e. The average molecular weight is 564 g/mol. The van der Waals surface area contributed by atoms with Crippen molar-refractivity contribution in [2.24, 2.45) is 0 Å². The fourth-order valence-electron chi connectivity index (χ4n) is 6.61. The standard InChI is InChI=1S/C27H34N2O3.C4H5NO2.C2H6/c1-18(32-26(30)31)25-21-10-8-19(28-12-4-5-13-28)16-23(21)27(2,3)24-17-20(9-11-22(24)25)29-14-6-7-15-29;6-3-1-2-4(7)5-3;1-2/h8-11,16-18,25H,4-7,12-15H2,1-3H3,(H,30,31);1-2H2,(H,5,6,7);1-2H3. The number of imide groups is 1. The van der Waals surface area contributed by atoms with Crippen molar-refractivity contribution in [2.75, 3.05) is 36.0 Å². The van der Waals surface area contributed by atoms with Gasteiger partial charge < -0.3 is 19.6 Å². The monoisotopic (exact) mass is 563 g/mol. The second-order valence-corrected chi connectivity index (χ2v) is 11.6. The van der Waals surface area contributed by atoms with Gasteiger partial charge >= 0.3 is 6.16 Å². The van der Waals surface area contributed by atoms with Gasteiger partial charge in [0.2, 0.25) is 11.8 Å². The average Bonchev–Trinajstić information content (AvgIpc) is 3.74. The summed E-state index contributed by atoms with van der Waals surface area (Å²) in [6.45, 7) is 14.9. The first-order valence-corrected chi connectivity index (χ1v) is 15.2. The smallest absolute Gasteiger partial charge is 0.450 e. The zero-order chi connectivity index (χ0) is 29.7. The highest BCUT2D eigenvalue weighted by Gasteiger charge is 2.41. The zero-order valence-corrected chi connectivity index (χ0v) is 25.2. The molecule has 2 amide bonds. The first kappa shape index (κ1) is 30.4. The molecule has 0 saturated carbocycles. The maximum absolute atomic E-state index is 11.4. The Morgan fingerprint density at radius 1 is 0.854 bits per heavy atom. The summed E-state index contributed by atoms with van der Waals surface area (Å²) >= 11 is 0. The first-order chi connectivity index (χ1) is 19.6. The van der Waals surface area contributed by atoms with Gasteiger partial charge in [-0.25, -0.2) is 4.79 Å². The molecule has 1 aliphatic carbocycles. The Morgan fingerprint density at radius 2 is 1.27 bits per heavy atom. The molecule has 1 unspecified atom stereocenters. The van der Waals surface area contributed by atoms with Crippen molar-refractivity contribution in [1.29, 1.82) is 0 Å². The Hall–Kier alpha value is -3.55. The van der Waals surface area contributed by atoms with Crippen LogP contribution in [0.3, 0.4) is 0 Å². The summed E-state index contributed by atoms with van der Waals surface area (Å²) in [6, 6.07) is 13.6. The van der Waals surface area contributed by atoms with E-state index >= 15 is 0 Å². The van der Waals surface area contributed by atoms with Crippen LogP contribution in [0, 0.1) is 0 Å². The summed E-state index contributed by atoms with van der Waals surface area (Å²) in [7, 11) is 0. The molecule has 41 heavy (non-hydrogen) atoms. The number of nitrogens with zero attached hydrogens (tertiary/aromatic N) is 2. The molecule has 0 spiro atoms. The summed E-state index contributed by atoms with van der Waals surface area (Å²) in [4.78, 5) is 36.6. The van der Waals surface area contributed by atoms with Crippen molar-refractivity contribution >= 4 is 29.3 Å². The molecule has 8 nitrogen and oxygen atoms in total. The molecule has 2 aromatic rings. The number of amides is 2. The van der Waals surface area contributed by atoms with Gasteiger partial charge in [-0.15, -0.1) is 0 Å². The van der Waals surface area contributed by atoms with E-state index in [1.54, 1.807) is 0 Å². The highest BCUT2D eigenvalue weighted by atomic mass is 16.7. The molecule has 0 bridgehead atoms. The van der Waals surface area contributed by atoms with Crippen LogP contribution in [0.4, 0.5) is 16.2 Å². The van der Waals surface area contributed by atoms with Crippen LogP contribution in [0.5, 0.6) is 0 Å². The van der Waals surface area contributed by atoms with E-state index in [2.05, 4.69) is 65.4 Å². The Balaban J connectivity index is 0.000000372. The topological polar surface area (TPSA) is 99.2 Å². The van der Waals surface area contributed by atoms with E-state index in [-0.39, 0.29) is 23.1 Å². The molecule has 222 valence electrons. The number of carboxylic acid groups (broad SMARTS) is 1. The second-order valence-electron chi connectivity index (χ2n) is 11.6. The number of rotatable bonds is 4. The lowest BCUT2D eigenvalue weighted by molar-refractivity contribution is -0.124. The highest BCUT2D eigenvalue weighted by Crippen LogP contribution is 2.50. The molecule has 3 heterocycles. The first-order valence-electron chi connectivity index (χ1n) is 15.2. The SMILES string of the molecule is CC.CC(OC(=O)O)C1c2ccc(N3CCCC3)cc2C(C)(C)c2cc(N3CCCC3)ccc21.O=C1CCC(=O)N1. The van der Waals surface area contributed by atoms with Crippen molar-refractivity contribution in [1.82, 2.24) is 5.32 Å². The zero-order valence-electron chi connectivity index (χ0n) is 25.2. The van der Waals surface area contributed by atoms with Gasteiger partial charge in [-0.05, 0) is 79.1 Å². The molecular formula is C33H45N3O5. The van der Waals surface area contributed by atoms with Crippen molar-refractivity contribution in [3.63, 3.8) is 0 Å². The summed E-state index contributed by atoms with van der Waals surface area (Å²) < 4.78 is 5.33. The van der Waals surface area contributed by atoms with Crippen molar-refractivity contribution in [2.45, 2.75) is 90.6 Å². The number of hydrogen-bond donors (Lipinski definition) is 2. The third kappa shape index (κ3) is 6.52. The van der Waals surface area contributed by atoms with E-state index < -0.39 is 12.3 Å². The van der Waals surface area contributed by atoms with E-state index in [0.717, 1.165) is 26.2 Å². The van der Waals surface area contributed by atoms with E-state index in [0.29, 0.717) is 12.8 Å². The molecule has 8 heteroatoms. The van der Waals surface area contributed by atoms with Crippen LogP contribution in [0.2, 0.25) is 0 Å². The number of hydrogen-bond acceptors (Lipinski definition) is 6. The van der Waals surface area contributed by atoms with Gasteiger partial charge in [0.1, 0.15) is 6.10 Å². The fraction of sp³-hybridized carbons (Fsp3) is 0.545. The van der Waals surface area contributed by atoms with Gasteiger partial charge in [0.25, 0.3) is 0 Å². The predicted octanol–water partition coefficient (Wildman–Crippen LogP) is 6.19. The Labute approximate surface area is 244 Å². The minimum atomic E-state index is -1.21. The van der Waals surface area contributed by atoms with E-state index in [1.807, 2.05) is 20.8 Å². The molecule has 0 radical (unpaired) electrons. The minimum Gasteiger partial charge on any atom is -0.450 e. The lowest BCUT2D eigenvalue weighted by Crippen LogP contribution is -2.35. The summed E-state index contributed by atoms with van der Waals surface area (Å²) in [5.41, 5.74) is 7.34. The third-order valence-electron chi connectivity index (χ3n) is 8.65. The summed E-state index contributed by atoms with van der Waals surface area (Å²) in [6.07, 6.45) is 4.05. The summed E-state index contributed by atoms with van der Waals surface area (Å²) in [5.74, 6) is -0.403. The van der Waals surface area contributed by atoms with E-state index in [9.17, 15) is 19.5 Å². The van der Waals surface area contributed by atoms with Gasteiger partial charge in [0.05, 0.1) is 0 Å². The van der Waals surface area contributed by atoms with Crippen LogP contribution >= 0.6 is 0 Å². The van der Waals surface area contributed by atoms with E-state index in [4.69, 9.17) is 4.74 Å². The molecule has 3 aliphatic heterocycles. The maximum Gasteiger partial charge on any atom is 0.506 e. The van der Waals surface area contributed by atoms with Gasteiger partial charge in [-0.1, -0.05) is 39.8 Å². The van der Waals surface area contributed by atoms with Gasteiger partial charge in [-0.2, -0.15) is 0 Å². The lowest BCUT2D eigenvalue weighted by Gasteiger charge is -2.42. The minimum absolute atomic E-state index is 0.107. The van der Waals surface area contributed by atoms with Gasteiger partial charge in [-0.3, -0.25) is 14.9 Å². The Kier molecular flexibility index (Phi) is 9.61. The molecule has 3 fully saturated rings. The van der Waals surface area contributed by atoms with Crippen LogP contribution in [-0.2, 0) is 19.7 Å². The van der Waals surface area contributed by atoms with E-state index in [1.165, 1.54) is 59.3 Å². The third-order valence-corrected chi connectivity index (χ3v) is 8.65. The van der Waals surface area contributed by atoms with Crippen LogP contribution in [0.25, 0.3) is 0 Å². The number of fused-ring (bicyclic) bond motifs is 2. The number of nitrogens with one attached hydrogen (secondary N) is 1. The second kappa shape index (κ2) is 13.0. The van der Waals surface area contributed by atoms with Crippen molar-refractivity contribution in [3.05, 3.63) is 58.7 Å². The number of anilines is 2. The van der Waals surface area contributed by atoms with Crippen molar-refractivity contribution in [3.8, 4) is 0 Å². The normalized spacial score (nSPS) is 19.7.